The number of hydrogen-bond donors (Lipinski definition) is 5. The van der Waals surface area contributed by atoms with Crippen LogP contribution >= 0.6 is 15.9 Å². The van der Waals surface area contributed by atoms with Crippen molar-refractivity contribution in [2.75, 3.05) is 30.0 Å². The van der Waals surface area contributed by atoms with E-state index in [1.807, 2.05) is 0 Å². The van der Waals surface area contributed by atoms with Gasteiger partial charge in [0.2, 0.25) is 10.0 Å². The molecule has 2 aromatic rings. The zero-order chi connectivity index (χ0) is 20.7. The highest BCUT2D eigenvalue weighted by Crippen LogP contribution is 2.22. The Morgan fingerprint density at radius 3 is 2.75 bits per heavy atom. The molecule has 0 bridgehead atoms. The number of oxime groups is 1. The first-order valence-electron chi connectivity index (χ1n) is 7.58. The number of amidine groups is 1. The van der Waals surface area contributed by atoms with E-state index in [-0.39, 0.29) is 34.8 Å². The van der Waals surface area contributed by atoms with Crippen LogP contribution in [0.15, 0.2) is 38.6 Å². The molecule has 0 spiro atoms. The number of carbonyl (C=O) groups is 1. The van der Waals surface area contributed by atoms with Gasteiger partial charge in [0.1, 0.15) is 17.6 Å². The molecule has 1 aromatic carbocycles. The summed E-state index contributed by atoms with van der Waals surface area (Å²) in [6, 6.07) is 3.34. The number of sulfonamides is 1. The predicted molar refractivity (Wildman–Crippen MR) is 102 cm³/mol. The number of halogens is 2. The molecule has 2 rings (SSSR count). The molecule has 0 saturated carbocycles. The van der Waals surface area contributed by atoms with E-state index in [0.29, 0.717) is 5.69 Å². The van der Waals surface area contributed by atoms with Crippen LogP contribution in [0.25, 0.3) is 0 Å². The molecule has 28 heavy (non-hydrogen) atoms. The van der Waals surface area contributed by atoms with Crippen LogP contribution in [0, 0.1) is 5.82 Å². The molecule has 0 saturated heterocycles. The standard InChI is InChI=1S/C14H16BrFN6O5S/c1-28(25,26)18-5-4-17-14(23)20-13-9(7-27-22-13)12(21-24)19-8-2-3-11(16)10(15)6-8/h2-3,6-7,18,24H,4-5H2,1H3,(H,19,21)(H2,17,20,22,23). The number of benzene rings is 1. The molecular weight excluding hydrogens is 463 g/mol. The molecule has 0 aliphatic rings. The van der Waals surface area contributed by atoms with Crippen LogP contribution in [-0.4, -0.2) is 50.0 Å². The number of anilines is 2. The van der Waals surface area contributed by atoms with Gasteiger partial charge in [-0.15, -0.1) is 0 Å². The van der Waals surface area contributed by atoms with Crippen LogP contribution in [0.2, 0.25) is 0 Å². The minimum Gasteiger partial charge on any atom is -0.409 e. The van der Waals surface area contributed by atoms with Crippen molar-refractivity contribution in [3.05, 3.63) is 40.3 Å². The first kappa shape index (κ1) is 21.6. The molecule has 1 aromatic heterocycles. The summed E-state index contributed by atoms with van der Waals surface area (Å²) in [5.74, 6) is -0.647. The third-order valence-electron chi connectivity index (χ3n) is 3.11. The van der Waals surface area contributed by atoms with Gasteiger partial charge in [-0.05, 0) is 34.1 Å². The average molecular weight is 479 g/mol. The van der Waals surface area contributed by atoms with E-state index in [1.165, 1.54) is 18.2 Å². The highest BCUT2D eigenvalue weighted by Gasteiger charge is 2.18. The summed E-state index contributed by atoms with van der Waals surface area (Å²) in [4.78, 5) is 11.9. The molecule has 14 heteroatoms. The fourth-order valence-electron chi connectivity index (χ4n) is 1.92. The average Bonchev–Trinajstić information content (AvgIpc) is 3.06. The molecule has 11 nitrogen and oxygen atoms in total. The van der Waals surface area contributed by atoms with Gasteiger partial charge in [-0.25, -0.2) is 22.3 Å². The Morgan fingerprint density at radius 2 is 2.11 bits per heavy atom. The highest BCUT2D eigenvalue weighted by atomic mass is 79.9. The van der Waals surface area contributed by atoms with Crippen molar-refractivity contribution < 1.29 is 27.3 Å². The van der Waals surface area contributed by atoms with Crippen molar-refractivity contribution in [1.82, 2.24) is 15.2 Å². The maximum Gasteiger partial charge on any atom is 0.320 e. The second-order valence-electron chi connectivity index (χ2n) is 5.33. The zero-order valence-electron chi connectivity index (χ0n) is 14.4. The SMILES string of the molecule is CS(=O)(=O)NCCNC(=O)Nc1nocc1/C(=N/O)Nc1ccc(F)c(Br)c1. The Bertz CT molecular complexity index is 980. The summed E-state index contributed by atoms with van der Waals surface area (Å²) in [7, 11) is -3.36. The molecule has 152 valence electrons. The number of hydrogen-bond acceptors (Lipinski definition) is 7. The maximum absolute atomic E-state index is 13.3. The number of carbonyl (C=O) groups excluding carboxylic acids is 1. The largest absolute Gasteiger partial charge is 0.409 e. The number of aromatic nitrogens is 1. The number of nitrogens with one attached hydrogen (secondary N) is 4. The van der Waals surface area contributed by atoms with E-state index < -0.39 is 21.9 Å². The monoisotopic (exact) mass is 478 g/mol. The number of urea groups is 1. The molecule has 0 atom stereocenters. The van der Waals surface area contributed by atoms with Crippen LogP contribution in [0.5, 0.6) is 0 Å². The molecule has 1 heterocycles. The maximum atomic E-state index is 13.3. The summed E-state index contributed by atoms with van der Waals surface area (Å²) in [6.07, 6.45) is 2.12. The van der Waals surface area contributed by atoms with Gasteiger partial charge in [0.15, 0.2) is 11.7 Å². The van der Waals surface area contributed by atoms with Crippen molar-refractivity contribution in [2.24, 2.45) is 5.16 Å². The summed E-state index contributed by atoms with van der Waals surface area (Å²) in [6.45, 7) is 0.0250. The van der Waals surface area contributed by atoms with Crippen molar-refractivity contribution in [3.63, 3.8) is 0 Å². The van der Waals surface area contributed by atoms with E-state index in [1.54, 1.807) is 0 Å². The summed E-state index contributed by atoms with van der Waals surface area (Å²) < 4.78 is 42.4. The molecular formula is C14H16BrFN6O5S. The Labute approximate surface area is 167 Å². The fourth-order valence-corrected chi connectivity index (χ4v) is 2.77. The van der Waals surface area contributed by atoms with Crippen molar-refractivity contribution in [3.8, 4) is 0 Å². The second kappa shape index (κ2) is 9.48. The minimum absolute atomic E-state index is 0.00226. The lowest BCUT2D eigenvalue weighted by Crippen LogP contribution is -2.36. The van der Waals surface area contributed by atoms with Crippen LogP contribution in [-0.2, 0) is 10.0 Å². The van der Waals surface area contributed by atoms with E-state index >= 15 is 0 Å². The first-order valence-corrected chi connectivity index (χ1v) is 10.3. The Morgan fingerprint density at radius 1 is 1.36 bits per heavy atom. The number of amides is 2. The molecule has 0 aliphatic heterocycles. The third-order valence-corrected chi connectivity index (χ3v) is 4.45. The topological polar surface area (TPSA) is 158 Å². The van der Waals surface area contributed by atoms with E-state index in [9.17, 15) is 22.8 Å². The van der Waals surface area contributed by atoms with Gasteiger partial charge in [0.05, 0.1) is 10.7 Å². The van der Waals surface area contributed by atoms with Crippen LogP contribution in [0.3, 0.4) is 0 Å². The fraction of sp³-hybridized carbons (Fsp3) is 0.214. The molecule has 2 amide bonds. The van der Waals surface area contributed by atoms with Crippen LogP contribution in [0.1, 0.15) is 5.56 Å². The lowest BCUT2D eigenvalue weighted by molar-refractivity contribution is 0.252. The van der Waals surface area contributed by atoms with Gasteiger partial charge in [0, 0.05) is 18.8 Å². The normalized spacial score (nSPS) is 11.9. The van der Waals surface area contributed by atoms with Crippen molar-refractivity contribution in [2.45, 2.75) is 0 Å². The zero-order valence-corrected chi connectivity index (χ0v) is 16.8. The summed E-state index contributed by atoms with van der Waals surface area (Å²) >= 11 is 3.04. The van der Waals surface area contributed by atoms with Crippen molar-refractivity contribution >= 4 is 49.3 Å². The van der Waals surface area contributed by atoms with Gasteiger partial charge in [0.25, 0.3) is 0 Å². The number of nitrogens with zero attached hydrogens (tertiary/aromatic N) is 2. The Kier molecular flexibility index (Phi) is 7.31. The van der Waals surface area contributed by atoms with E-state index in [0.717, 1.165) is 12.5 Å². The quantitative estimate of drug-likeness (QED) is 0.132. The van der Waals surface area contributed by atoms with Gasteiger partial charge in [-0.3, -0.25) is 5.32 Å². The van der Waals surface area contributed by atoms with E-state index in [4.69, 9.17) is 4.52 Å². The van der Waals surface area contributed by atoms with Crippen LogP contribution < -0.4 is 20.7 Å². The second-order valence-corrected chi connectivity index (χ2v) is 8.01. The lowest BCUT2D eigenvalue weighted by atomic mass is 10.2. The summed E-state index contributed by atoms with van der Waals surface area (Å²) in [5.41, 5.74) is 0.511. The molecule has 0 fully saturated rings. The third kappa shape index (κ3) is 6.47. The molecule has 0 unspecified atom stereocenters. The van der Waals surface area contributed by atoms with Crippen LogP contribution in [0.4, 0.5) is 20.7 Å². The predicted octanol–water partition coefficient (Wildman–Crippen LogP) is 1.49. The lowest BCUT2D eigenvalue weighted by Gasteiger charge is -2.10. The van der Waals surface area contributed by atoms with Gasteiger partial charge >= 0.3 is 6.03 Å². The smallest absolute Gasteiger partial charge is 0.320 e. The minimum atomic E-state index is -3.36. The first-order chi connectivity index (χ1) is 13.2. The van der Waals surface area contributed by atoms with Crippen molar-refractivity contribution in [1.29, 1.82) is 0 Å². The van der Waals surface area contributed by atoms with Gasteiger partial charge < -0.3 is 20.4 Å². The molecule has 5 N–H and O–H groups in total. The van der Waals surface area contributed by atoms with Gasteiger partial charge in [-0.2, -0.15) is 0 Å². The summed E-state index contributed by atoms with van der Waals surface area (Å²) in [5, 5.41) is 23.5. The molecule has 0 radical (unpaired) electrons. The number of rotatable bonds is 7. The Hall–Kier alpha value is -2.71. The van der Waals surface area contributed by atoms with Gasteiger partial charge in [-0.1, -0.05) is 10.3 Å². The Balaban J connectivity index is 2.00. The highest BCUT2D eigenvalue weighted by molar-refractivity contribution is 9.10. The molecule has 0 aliphatic carbocycles. The van der Waals surface area contributed by atoms with E-state index in [2.05, 4.69) is 46.9 Å².